The van der Waals surface area contributed by atoms with E-state index in [0.717, 1.165) is 10.5 Å². The first-order valence-electron chi connectivity index (χ1n) is 14.7. The molecule has 0 saturated carbocycles. The van der Waals surface area contributed by atoms with Crippen molar-refractivity contribution in [3.63, 3.8) is 0 Å². The van der Waals surface area contributed by atoms with Crippen molar-refractivity contribution < 1.29 is 0 Å². The average molecular weight is 562 g/mol. The van der Waals surface area contributed by atoms with E-state index in [4.69, 9.17) is 4.98 Å². The maximum atomic E-state index is 5.28. The minimum Gasteiger partial charge on any atom is -0.236 e. The maximum Gasteiger partial charge on any atom is 0.125 e. The molecule has 0 aliphatic heterocycles. The van der Waals surface area contributed by atoms with Crippen molar-refractivity contribution in [2.75, 3.05) is 0 Å². The van der Waals surface area contributed by atoms with Gasteiger partial charge in [-0.3, -0.25) is 0 Å². The molecular formula is C41H23NS. The molecule has 198 valence electrons. The summed E-state index contributed by atoms with van der Waals surface area (Å²) >= 11 is 1.80. The predicted octanol–water partition coefficient (Wildman–Crippen LogP) is 11.0. The number of benzene rings is 7. The number of hydrogen-bond donors (Lipinski definition) is 0. The van der Waals surface area contributed by atoms with Crippen LogP contribution in [0.1, 0.15) is 32.8 Å². The normalized spacial score (nSPS) is 13.9. The molecule has 0 amide bonds. The van der Waals surface area contributed by atoms with E-state index in [9.17, 15) is 0 Å². The lowest BCUT2D eigenvalue weighted by Crippen LogP contribution is -1.95. The van der Waals surface area contributed by atoms with Gasteiger partial charge in [-0.2, -0.15) is 0 Å². The molecule has 2 aliphatic carbocycles. The van der Waals surface area contributed by atoms with Gasteiger partial charge in [-0.05, 0) is 77.9 Å². The van der Waals surface area contributed by atoms with Gasteiger partial charge in [0.1, 0.15) is 5.01 Å². The Bertz CT molecular complexity index is 2520. The van der Waals surface area contributed by atoms with Gasteiger partial charge in [0.25, 0.3) is 0 Å². The quantitative estimate of drug-likeness (QED) is 0.205. The highest BCUT2D eigenvalue weighted by Gasteiger charge is 2.40. The number of fused-ring (bicyclic) bond motifs is 11. The first-order valence-corrected chi connectivity index (χ1v) is 15.5. The average Bonchev–Trinajstić information content (AvgIpc) is 3.74. The van der Waals surface area contributed by atoms with E-state index in [0.29, 0.717) is 0 Å². The van der Waals surface area contributed by atoms with Crippen molar-refractivity contribution in [1.29, 1.82) is 0 Å². The van der Waals surface area contributed by atoms with Crippen molar-refractivity contribution in [3.05, 3.63) is 172 Å². The first kappa shape index (κ1) is 23.3. The summed E-state index contributed by atoms with van der Waals surface area (Å²) in [5, 5.41) is 8.72. The molecule has 1 aromatic heterocycles. The van der Waals surface area contributed by atoms with E-state index in [1.807, 2.05) is 0 Å². The standard InChI is InChI=1S/C41H23NS/c1-4-14-27-24(10-1)13-9-17-30(27)37-35-28-15-5-2-11-25(28)20-22-31(35)39-38(37)32-23-21-26-12-3-6-16-29(26)36(32)40(39)41-42-33-18-7-8-19-34(33)43-41/h1-23H. The molecule has 7 aromatic carbocycles. The fourth-order valence-electron chi connectivity index (χ4n) is 7.44. The van der Waals surface area contributed by atoms with Gasteiger partial charge in [-0.25, -0.2) is 4.98 Å². The van der Waals surface area contributed by atoms with E-state index in [2.05, 4.69) is 140 Å². The third-order valence-corrected chi connectivity index (χ3v) is 10.3. The minimum absolute atomic E-state index is 1.06. The molecule has 0 saturated heterocycles. The Morgan fingerprint density at radius 3 is 1.60 bits per heavy atom. The van der Waals surface area contributed by atoms with Crippen LogP contribution in [-0.4, -0.2) is 4.98 Å². The first-order chi connectivity index (χ1) is 21.3. The highest BCUT2D eigenvalue weighted by molar-refractivity contribution is 7.19. The van der Waals surface area contributed by atoms with Crippen molar-refractivity contribution in [2.24, 2.45) is 0 Å². The fourth-order valence-corrected chi connectivity index (χ4v) is 8.47. The van der Waals surface area contributed by atoms with Crippen LogP contribution in [0, 0.1) is 0 Å². The molecular weight excluding hydrogens is 539 g/mol. The topological polar surface area (TPSA) is 12.9 Å². The summed E-state index contributed by atoms with van der Waals surface area (Å²) < 4.78 is 1.22. The number of aromatic nitrogens is 1. The Labute approximate surface area is 252 Å². The lowest BCUT2D eigenvalue weighted by atomic mass is 9.87. The van der Waals surface area contributed by atoms with Gasteiger partial charge in [0.2, 0.25) is 0 Å². The van der Waals surface area contributed by atoms with Crippen LogP contribution in [0.15, 0.2) is 140 Å². The summed E-state index contributed by atoms with van der Waals surface area (Å²) in [5.41, 5.74) is 12.8. The van der Waals surface area contributed by atoms with E-state index < -0.39 is 0 Å². The number of hydrogen-bond acceptors (Lipinski definition) is 2. The number of para-hydroxylation sites is 1. The molecule has 0 atom stereocenters. The van der Waals surface area contributed by atoms with Gasteiger partial charge in [-0.15, -0.1) is 11.3 Å². The smallest absolute Gasteiger partial charge is 0.125 e. The van der Waals surface area contributed by atoms with E-state index >= 15 is 0 Å². The molecule has 8 aromatic rings. The Hall–Kier alpha value is -5.31. The van der Waals surface area contributed by atoms with Crippen molar-refractivity contribution in [3.8, 4) is 0 Å². The molecule has 1 heterocycles. The second kappa shape index (κ2) is 8.61. The lowest BCUT2D eigenvalue weighted by molar-refractivity contribution is 1.43. The SMILES string of the molecule is c1ccc2c(C3=C4C(=C(c5nc6ccccc6s5)c5c4ccc4ccccc54)c4ccc5ccccc5c43)cccc2c1. The van der Waals surface area contributed by atoms with E-state index in [1.165, 1.54) is 87.1 Å². The molecule has 0 spiro atoms. The lowest BCUT2D eigenvalue weighted by Gasteiger charge is -2.16. The zero-order chi connectivity index (χ0) is 28.1. The summed E-state index contributed by atoms with van der Waals surface area (Å²) in [6.45, 7) is 0. The van der Waals surface area contributed by atoms with Crippen LogP contribution in [0.2, 0.25) is 0 Å². The van der Waals surface area contributed by atoms with Crippen molar-refractivity contribution >= 4 is 76.2 Å². The predicted molar refractivity (Wildman–Crippen MR) is 183 cm³/mol. The van der Waals surface area contributed by atoms with Crippen LogP contribution in [0.25, 0.3) is 64.8 Å². The van der Waals surface area contributed by atoms with Gasteiger partial charge in [0.05, 0.1) is 10.2 Å². The van der Waals surface area contributed by atoms with Crippen LogP contribution in [0.5, 0.6) is 0 Å². The number of allylic oxidation sites excluding steroid dienone is 2. The Kier molecular flexibility index (Phi) is 4.66. The maximum absolute atomic E-state index is 5.28. The van der Waals surface area contributed by atoms with E-state index in [1.54, 1.807) is 11.3 Å². The van der Waals surface area contributed by atoms with Gasteiger partial charge < -0.3 is 0 Å². The highest BCUT2D eigenvalue weighted by Crippen LogP contribution is 2.61. The zero-order valence-corrected chi connectivity index (χ0v) is 24.0. The summed E-state index contributed by atoms with van der Waals surface area (Å²) in [6, 6.07) is 51.0. The van der Waals surface area contributed by atoms with Crippen LogP contribution in [0.4, 0.5) is 0 Å². The highest BCUT2D eigenvalue weighted by atomic mass is 32.1. The summed E-state index contributed by atoms with van der Waals surface area (Å²) in [7, 11) is 0. The minimum atomic E-state index is 1.06. The van der Waals surface area contributed by atoms with Gasteiger partial charge in [-0.1, -0.05) is 127 Å². The Morgan fingerprint density at radius 1 is 0.372 bits per heavy atom. The molecule has 0 bridgehead atoms. The summed E-state index contributed by atoms with van der Waals surface area (Å²) in [6.07, 6.45) is 0. The molecule has 2 aliphatic rings. The summed E-state index contributed by atoms with van der Waals surface area (Å²) in [5.74, 6) is 0. The number of nitrogens with zero attached hydrogens (tertiary/aromatic N) is 1. The van der Waals surface area contributed by atoms with Crippen LogP contribution >= 0.6 is 11.3 Å². The van der Waals surface area contributed by atoms with Crippen LogP contribution in [-0.2, 0) is 0 Å². The largest absolute Gasteiger partial charge is 0.236 e. The molecule has 43 heavy (non-hydrogen) atoms. The fraction of sp³-hybridized carbons (Fsp3) is 0. The molecule has 10 rings (SSSR count). The molecule has 2 heteroatoms. The summed E-state index contributed by atoms with van der Waals surface area (Å²) in [4.78, 5) is 5.28. The molecule has 1 nitrogen and oxygen atoms in total. The number of rotatable bonds is 2. The van der Waals surface area contributed by atoms with E-state index in [-0.39, 0.29) is 0 Å². The van der Waals surface area contributed by atoms with Gasteiger partial charge in [0.15, 0.2) is 0 Å². The second-order valence-corrected chi connectivity index (χ2v) is 12.5. The molecule has 0 fully saturated rings. The Morgan fingerprint density at radius 2 is 0.907 bits per heavy atom. The zero-order valence-electron chi connectivity index (χ0n) is 23.1. The van der Waals surface area contributed by atoms with Crippen LogP contribution in [0.3, 0.4) is 0 Å². The van der Waals surface area contributed by atoms with Gasteiger partial charge >= 0.3 is 0 Å². The molecule has 0 radical (unpaired) electrons. The third-order valence-electron chi connectivity index (χ3n) is 9.21. The molecule has 0 N–H and O–H groups in total. The van der Waals surface area contributed by atoms with Crippen LogP contribution < -0.4 is 0 Å². The monoisotopic (exact) mass is 561 g/mol. The Balaban J connectivity index is 1.45. The van der Waals surface area contributed by atoms with Gasteiger partial charge in [0, 0.05) is 16.7 Å². The van der Waals surface area contributed by atoms with Crippen molar-refractivity contribution in [1.82, 2.24) is 4.98 Å². The van der Waals surface area contributed by atoms with Crippen molar-refractivity contribution in [2.45, 2.75) is 0 Å². The third kappa shape index (κ3) is 3.13. The molecule has 0 unspecified atom stereocenters. The number of thiazole rings is 1. The second-order valence-electron chi connectivity index (χ2n) is 11.4.